The van der Waals surface area contributed by atoms with Gasteiger partial charge in [0.2, 0.25) is 11.8 Å². The zero-order valence-electron chi connectivity index (χ0n) is 20.9. The molecule has 0 bridgehead atoms. The maximum atomic E-state index is 13.4. The molecule has 2 aliphatic heterocycles. The Bertz CT molecular complexity index is 1120. The molecule has 0 aliphatic carbocycles. The van der Waals surface area contributed by atoms with Gasteiger partial charge in [-0.15, -0.1) is 0 Å². The molecular weight excluding hydrogens is 460 g/mol. The zero-order valence-corrected chi connectivity index (χ0v) is 20.9. The molecule has 0 radical (unpaired) electrons. The van der Waals surface area contributed by atoms with Crippen LogP contribution < -0.4 is 20.7 Å². The van der Waals surface area contributed by atoms with E-state index in [0.717, 1.165) is 25.1 Å². The minimum Gasteiger partial charge on any atom is -0.489 e. The van der Waals surface area contributed by atoms with E-state index in [0.29, 0.717) is 43.2 Å². The largest absolute Gasteiger partial charge is 0.489 e. The number of hydrogen-bond acceptors (Lipinski definition) is 6. The average molecular weight is 495 g/mol. The number of benzene rings is 1. The third-order valence-corrected chi connectivity index (χ3v) is 6.72. The van der Waals surface area contributed by atoms with Gasteiger partial charge in [-0.2, -0.15) is 5.10 Å². The first-order valence-corrected chi connectivity index (χ1v) is 12.3. The second-order valence-corrected chi connectivity index (χ2v) is 9.43. The van der Waals surface area contributed by atoms with E-state index >= 15 is 0 Å². The Morgan fingerprint density at radius 2 is 2.00 bits per heavy atom. The first-order chi connectivity index (χ1) is 17.4. The van der Waals surface area contributed by atoms with Gasteiger partial charge < -0.3 is 20.7 Å². The average Bonchev–Trinajstić information content (AvgIpc) is 3.17. The third-order valence-electron chi connectivity index (χ3n) is 6.72. The number of nitrogens with zero attached hydrogens (tertiary/aromatic N) is 3. The molecule has 1 atom stereocenters. The number of allylic oxidation sites excluding steroid dienone is 1. The highest BCUT2D eigenvalue weighted by atomic mass is 16.5. The molecule has 1 fully saturated rings. The number of rotatable bonds is 3. The summed E-state index contributed by atoms with van der Waals surface area (Å²) in [5, 5.41) is 13.0. The van der Waals surface area contributed by atoms with Gasteiger partial charge in [-0.25, -0.2) is 0 Å². The minimum absolute atomic E-state index is 0.0646. The molecule has 1 unspecified atom stereocenters. The fourth-order valence-corrected chi connectivity index (χ4v) is 4.74. The molecule has 192 valence electrons. The van der Waals surface area contributed by atoms with E-state index in [9.17, 15) is 14.4 Å². The molecule has 4 rings (SSSR count). The highest BCUT2D eigenvalue weighted by molar-refractivity contribution is 5.97. The summed E-state index contributed by atoms with van der Waals surface area (Å²) in [6, 6.07) is 8.93. The van der Waals surface area contributed by atoms with Crippen molar-refractivity contribution >= 4 is 23.5 Å². The Balaban J connectivity index is 1.43. The standard InChI is InChI=1S/C26H34N6O4/c1-19-16-22(30-31(19)2)29-23(33)17-32-14-7-11-26(18-32)10-5-6-15-36-21-9-4-3-8-20(21)24(34)27-12-13-28-25(26)35/h3-6,8-9,16H,7,10-15,17-18H2,1-2H3,(H,27,34)(H,28,35)(H,29,30,33)/b6-5-. The summed E-state index contributed by atoms with van der Waals surface area (Å²) in [7, 11) is 1.83. The number of aryl methyl sites for hydroxylation is 2. The van der Waals surface area contributed by atoms with Crippen molar-refractivity contribution in [2.45, 2.75) is 26.2 Å². The molecule has 1 spiro atoms. The van der Waals surface area contributed by atoms with Crippen LogP contribution in [0.3, 0.4) is 0 Å². The van der Waals surface area contributed by atoms with Crippen molar-refractivity contribution in [1.29, 1.82) is 0 Å². The van der Waals surface area contributed by atoms with E-state index in [1.54, 1.807) is 22.9 Å². The van der Waals surface area contributed by atoms with Gasteiger partial charge in [-0.1, -0.05) is 24.3 Å². The van der Waals surface area contributed by atoms with Crippen LogP contribution in [0.25, 0.3) is 0 Å². The number of amides is 3. The Labute approximate surface area is 211 Å². The van der Waals surface area contributed by atoms with Gasteiger partial charge in [0.1, 0.15) is 12.4 Å². The molecule has 0 saturated carbocycles. The van der Waals surface area contributed by atoms with Gasteiger partial charge >= 0.3 is 0 Å². The lowest BCUT2D eigenvalue weighted by atomic mass is 9.76. The van der Waals surface area contributed by atoms with Gasteiger partial charge in [-0.05, 0) is 44.9 Å². The summed E-state index contributed by atoms with van der Waals surface area (Å²) >= 11 is 0. The summed E-state index contributed by atoms with van der Waals surface area (Å²) in [5.41, 5.74) is 0.754. The van der Waals surface area contributed by atoms with Crippen LogP contribution in [0.5, 0.6) is 5.75 Å². The molecule has 1 aromatic heterocycles. The number of carbonyl (C=O) groups is 3. The maximum absolute atomic E-state index is 13.4. The lowest BCUT2D eigenvalue weighted by molar-refractivity contribution is -0.135. The van der Waals surface area contributed by atoms with E-state index in [1.807, 2.05) is 43.2 Å². The zero-order chi connectivity index (χ0) is 25.5. The number of aromatic nitrogens is 2. The topological polar surface area (TPSA) is 118 Å². The fourth-order valence-electron chi connectivity index (χ4n) is 4.74. The predicted molar refractivity (Wildman–Crippen MR) is 136 cm³/mol. The summed E-state index contributed by atoms with van der Waals surface area (Å²) < 4.78 is 7.54. The normalized spacial score (nSPS) is 22.5. The van der Waals surface area contributed by atoms with Crippen LogP contribution >= 0.6 is 0 Å². The number of anilines is 1. The molecule has 10 heteroatoms. The molecule has 3 heterocycles. The molecular formula is C26H34N6O4. The maximum Gasteiger partial charge on any atom is 0.255 e. The molecule has 1 aromatic carbocycles. The van der Waals surface area contributed by atoms with Crippen LogP contribution in [0.1, 0.15) is 35.3 Å². The Morgan fingerprint density at radius 3 is 2.81 bits per heavy atom. The first kappa shape index (κ1) is 25.4. The Kier molecular flexibility index (Phi) is 8.04. The van der Waals surface area contributed by atoms with Gasteiger partial charge in [0.25, 0.3) is 5.91 Å². The Hall–Kier alpha value is -3.66. The van der Waals surface area contributed by atoms with Crippen molar-refractivity contribution in [2.75, 3.05) is 44.6 Å². The monoisotopic (exact) mass is 494 g/mol. The first-order valence-electron chi connectivity index (χ1n) is 12.3. The summed E-state index contributed by atoms with van der Waals surface area (Å²) in [6.45, 7) is 4.23. The summed E-state index contributed by atoms with van der Waals surface area (Å²) in [6.07, 6.45) is 5.90. The van der Waals surface area contributed by atoms with E-state index in [1.165, 1.54) is 0 Å². The summed E-state index contributed by atoms with van der Waals surface area (Å²) in [4.78, 5) is 40.7. The van der Waals surface area contributed by atoms with E-state index < -0.39 is 5.41 Å². The van der Waals surface area contributed by atoms with E-state index in [4.69, 9.17) is 4.74 Å². The highest BCUT2D eigenvalue weighted by Crippen LogP contribution is 2.34. The van der Waals surface area contributed by atoms with Gasteiger partial charge in [0.15, 0.2) is 5.82 Å². The fraction of sp³-hybridized carbons (Fsp3) is 0.462. The molecule has 36 heavy (non-hydrogen) atoms. The lowest BCUT2D eigenvalue weighted by Crippen LogP contribution is -2.53. The van der Waals surface area contributed by atoms with Crippen molar-refractivity contribution in [1.82, 2.24) is 25.3 Å². The SMILES string of the molecule is Cc1cc(NC(=O)CN2CCCC3(C/C=C\COc4ccccc4C(=O)NCCNC3=O)C2)nn1C. The highest BCUT2D eigenvalue weighted by Gasteiger charge is 2.41. The number of fused-ring (bicyclic) bond motifs is 1. The van der Waals surface area contributed by atoms with Gasteiger partial charge in [0.05, 0.1) is 17.5 Å². The molecule has 1 saturated heterocycles. The molecule has 3 N–H and O–H groups in total. The third kappa shape index (κ3) is 6.12. The van der Waals surface area contributed by atoms with Crippen LogP contribution in [0, 0.1) is 12.3 Å². The van der Waals surface area contributed by atoms with Crippen molar-refractivity contribution in [2.24, 2.45) is 12.5 Å². The second-order valence-electron chi connectivity index (χ2n) is 9.43. The molecule has 2 aromatic rings. The lowest BCUT2D eigenvalue weighted by Gasteiger charge is -2.41. The second kappa shape index (κ2) is 11.4. The predicted octanol–water partition coefficient (Wildman–Crippen LogP) is 1.63. The number of ether oxygens (including phenoxy) is 1. The minimum atomic E-state index is -0.664. The van der Waals surface area contributed by atoms with Crippen molar-refractivity contribution in [3.63, 3.8) is 0 Å². The molecule has 10 nitrogen and oxygen atoms in total. The number of nitrogens with one attached hydrogen (secondary N) is 3. The van der Waals surface area contributed by atoms with Gasteiger partial charge in [-0.3, -0.25) is 24.0 Å². The van der Waals surface area contributed by atoms with Crippen molar-refractivity contribution in [3.8, 4) is 5.75 Å². The summed E-state index contributed by atoms with van der Waals surface area (Å²) in [5.74, 6) is 0.581. The molecule has 2 aliphatic rings. The number of piperidine rings is 1. The Morgan fingerprint density at radius 1 is 1.19 bits per heavy atom. The van der Waals surface area contributed by atoms with E-state index in [-0.39, 0.29) is 30.9 Å². The van der Waals surface area contributed by atoms with Crippen molar-refractivity contribution in [3.05, 3.63) is 53.7 Å². The number of hydrogen-bond donors (Lipinski definition) is 3. The van der Waals surface area contributed by atoms with Crippen LogP contribution in [0.4, 0.5) is 5.82 Å². The number of para-hydroxylation sites is 1. The molecule has 3 amide bonds. The number of carbonyl (C=O) groups excluding carboxylic acids is 3. The smallest absolute Gasteiger partial charge is 0.255 e. The van der Waals surface area contributed by atoms with Crippen molar-refractivity contribution < 1.29 is 19.1 Å². The van der Waals surface area contributed by atoms with E-state index in [2.05, 4.69) is 21.0 Å². The van der Waals surface area contributed by atoms with Crippen LogP contribution in [-0.4, -0.2) is 71.7 Å². The van der Waals surface area contributed by atoms with Gasteiger partial charge in [0, 0.05) is 38.4 Å². The van der Waals surface area contributed by atoms with Crippen LogP contribution in [-0.2, 0) is 16.6 Å². The number of likely N-dealkylation sites (tertiary alicyclic amines) is 1. The quantitative estimate of drug-likeness (QED) is 0.559. The van der Waals surface area contributed by atoms with Crippen LogP contribution in [0.2, 0.25) is 0 Å². The van der Waals surface area contributed by atoms with Crippen LogP contribution in [0.15, 0.2) is 42.5 Å².